The number of aromatic nitrogens is 6. The van der Waals surface area contributed by atoms with E-state index in [9.17, 15) is 0 Å². The Hall–Kier alpha value is -3.11. The first-order chi connectivity index (χ1) is 12.8. The smallest absolute Gasteiger partial charge is 0.227 e. The summed E-state index contributed by atoms with van der Waals surface area (Å²) in [6.45, 7) is 2.78. The lowest BCUT2D eigenvalue weighted by Crippen LogP contribution is -2.37. The van der Waals surface area contributed by atoms with Crippen molar-refractivity contribution in [2.24, 2.45) is 0 Å². The van der Waals surface area contributed by atoms with E-state index in [4.69, 9.17) is 9.84 Å². The highest BCUT2D eigenvalue weighted by Gasteiger charge is 2.14. The summed E-state index contributed by atoms with van der Waals surface area (Å²) in [6.07, 6.45) is 4.83. The average Bonchev–Trinajstić information content (AvgIpc) is 3.17. The molecule has 1 fully saturated rings. The number of ether oxygens (including phenoxy) is 1. The molecule has 1 saturated heterocycles. The normalized spacial score (nSPS) is 14.4. The maximum absolute atomic E-state index is 9.03. The second-order valence-corrected chi connectivity index (χ2v) is 5.68. The summed E-state index contributed by atoms with van der Waals surface area (Å²) < 4.78 is 5.35. The number of anilines is 3. The van der Waals surface area contributed by atoms with Crippen LogP contribution in [0.4, 0.5) is 17.6 Å². The van der Waals surface area contributed by atoms with Gasteiger partial charge in [0.2, 0.25) is 5.95 Å². The monoisotopic (exact) mass is 354 g/mol. The Labute approximate surface area is 149 Å². The van der Waals surface area contributed by atoms with Gasteiger partial charge in [-0.1, -0.05) is 0 Å². The van der Waals surface area contributed by atoms with Gasteiger partial charge in [0, 0.05) is 25.4 Å². The zero-order valence-electron chi connectivity index (χ0n) is 14.0. The zero-order valence-corrected chi connectivity index (χ0v) is 14.0. The molecule has 0 spiro atoms. The van der Waals surface area contributed by atoms with Crippen molar-refractivity contribution in [3.05, 3.63) is 36.4 Å². The van der Waals surface area contributed by atoms with Gasteiger partial charge in [-0.15, -0.1) is 0 Å². The fraction of sp³-hybridized carbons (Fsp3) is 0.312. The molecule has 10 nitrogen and oxygen atoms in total. The number of nitrogens with one attached hydrogen (secondary N) is 2. The molecule has 26 heavy (non-hydrogen) atoms. The predicted molar refractivity (Wildman–Crippen MR) is 93.9 cm³/mol. The Balaban J connectivity index is 1.48. The number of nitrogens with zero attached hydrogens (tertiary/aromatic N) is 6. The van der Waals surface area contributed by atoms with Gasteiger partial charge in [-0.05, 0) is 6.07 Å². The number of hydrogen-bond acceptors (Lipinski definition) is 9. The van der Waals surface area contributed by atoms with E-state index in [1.165, 1.54) is 6.20 Å². The number of hydrogen-bond donors (Lipinski definition) is 3. The summed E-state index contributed by atoms with van der Waals surface area (Å²) in [5.41, 5.74) is 1.87. The minimum atomic E-state index is -0.137. The minimum Gasteiger partial charge on any atom is -0.390 e. The summed E-state index contributed by atoms with van der Waals surface area (Å²) in [4.78, 5) is 19.3. The highest BCUT2D eigenvalue weighted by atomic mass is 16.5. The second-order valence-electron chi connectivity index (χ2n) is 5.68. The summed E-state index contributed by atoms with van der Waals surface area (Å²) >= 11 is 0. The highest BCUT2D eigenvalue weighted by molar-refractivity contribution is 5.61. The Morgan fingerprint density at radius 2 is 2.04 bits per heavy atom. The summed E-state index contributed by atoms with van der Waals surface area (Å²) in [5, 5.41) is 19.3. The molecule has 0 unspecified atom stereocenters. The first kappa shape index (κ1) is 16.4. The van der Waals surface area contributed by atoms with Crippen LogP contribution in [0.15, 0.2) is 30.7 Å². The largest absolute Gasteiger partial charge is 0.390 e. The van der Waals surface area contributed by atoms with Crippen molar-refractivity contribution in [1.82, 2.24) is 30.1 Å². The van der Waals surface area contributed by atoms with Crippen molar-refractivity contribution >= 4 is 17.6 Å². The van der Waals surface area contributed by atoms with E-state index in [1.54, 1.807) is 18.5 Å². The van der Waals surface area contributed by atoms with Gasteiger partial charge in [0.1, 0.15) is 11.5 Å². The van der Waals surface area contributed by atoms with Crippen LogP contribution >= 0.6 is 0 Å². The van der Waals surface area contributed by atoms with Gasteiger partial charge < -0.3 is 20.1 Å². The van der Waals surface area contributed by atoms with Crippen LogP contribution in [0.25, 0.3) is 11.4 Å². The SMILES string of the molecule is OCc1cnc(-c2cc(Nc3ccnc(N4CCOCC4)n3)n[nH]2)cn1. The lowest BCUT2D eigenvalue weighted by Gasteiger charge is -2.26. The Kier molecular flexibility index (Phi) is 4.67. The molecule has 4 rings (SSSR count). The number of rotatable bonds is 5. The molecule has 0 aliphatic carbocycles. The van der Waals surface area contributed by atoms with Crippen LogP contribution in [0, 0.1) is 0 Å². The van der Waals surface area contributed by atoms with Crippen molar-refractivity contribution in [3.8, 4) is 11.4 Å². The molecule has 1 aliphatic rings. The van der Waals surface area contributed by atoms with Crippen LogP contribution in [0.2, 0.25) is 0 Å². The van der Waals surface area contributed by atoms with E-state index in [1.807, 2.05) is 6.07 Å². The topological polar surface area (TPSA) is 125 Å². The predicted octanol–water partition coefficient (Wildman–Crippen LogP) is 0.729. The molecular formula is C16H18N8O2. The number of aliphatic hydroxyl groups excluding tert-OH is 1. The van der Waals surface area contributed by atoms with Gasteiger partial charge in [-0.25, -0.2) is 4.98 Å². The molecule has 0 bridgehead atoms. The van der Waals surface area contributed by atoms with Gasteiger partial charge in [0.05, 0.1) is 43.6 Å². The molecule has 3 aromatic heterocycles. The lowest BCUT2D eigenvalue weighted by molar-refractivity contribution is 0.122. The number of aromatic amines is 1. The number of morpholine rings is 1. The summed E-state index contributed by atoms with van der Waals surface area (Å²) in [5.74, 6) is 1.93. The molecule has 0 amide bonds. The third-order valence-corrected chi connectivity index (χ3v) is 3.91. The van der Waals surface area contributed by atoms with Crippen molar-refractivity contribution in [2.45, 2.75) is 6.61 Å². The average molecular weight is 354 g/mol. The first-order valence-corrected chi connectivity index (χ1v) is 8.22. The van der Waals surface area contributed by atoms with Crippen LogP contribution in [-0.2, 0) is 11.3 Å². The molecule has 0 aromatic carbocycles. The fourth-order valence-corrected chi connectivity index (χ4v) is 2.56. The van der Waals surface area contributed by atoms with Crippen molar-refractivity contribution in [2.75, 3.05) is 36.5 Å². The van der Waals surface area contributed by atoms with Crippen molar-refractivity contribution < 1.29 is 9.84 Å². The third kappa shape index (κ3) is 3.60. The van der Waals surface area contributed by atoms with Crippen molar-refractivity contribution in [3.63, 3.8) is 0 Å². The van der Waals surface area contributed by atoms with Crippen molar-refractivity contribution in [1.29, 1.82) is 0 Å². The molecule has 10 heteroatoms. The molecule has 3 N–H and O–H groups in total. The highest BCUT2D eigenvalue weighted by Crippen LogP contribution is 2.20. The molecular weight excluding hydrogens is 336 g/mol. The van der Waals surface area contributed by atoms with Crippen LogP contribution in [0.3, 0.4) is 0 Å². The van der Waals surface area contributed by atoms with Crippen LogP contribution in [0.5, 0.6) is 0 Å². The van der Waals surface area contributed by atoms with Gasteiger partial charge in [0.15, 0.2) is 5.82 Å². The van der Waals surface area contributed by atoms with E-state index in [0.29, 0.717) is 47.9 Å². The van der Waals surface area contributed by atoms with Crippen LogP contribution in [0.1, 0.15) is 5.69 Å². The number of aliphatic hydroxyl groups is 1. The van der Waals surface area contributed by atoms with E-state index >= 15 is 0 Å². The first-order valence-electron chi connectivity index (χ1n) is 8.22. The maximum atomic E-state index is 9.03. The second kappa shape index (κ2) is 7.42. The Morgan fingerprint density at radius 1 is 1.15 bits per heavy atom. The van der Waals surface area contributed by atoms with E-state index in [-0.39, 0.29) is 6.61 Å². The van der Waals surface area contributed by atoms with Gasteiger partial charge >= 0.3 is 0 Å². The third-order valence-electron chi connectivity index (χ3n) is 3.91. The Morgan fingerprint density at radius 3 is 2.81 bits per heavy atom. The quantitative estimate of drug-likeness (QED) is 0.608. The summed E-state index contributed by atoms with van der Waals surface area (Å²) in [7, 11) is 0. The standard InChI is InChI=1S/C16H18N8O2/c25-10-11-8-19-13(9-18-11)12-7-15(23-22-12)20-14-1-2-17-16(21-14)24-3-5-26-6-4-24/h1-2,7-9,25H,3-6,10H2,(H2,17,20,21,22,23). The molecule has 3 aromatic rings. The molecule has 1 aliphatic heterocycles. The van der Waals surface area contributed by atoms with Gasteiger partial charge in [0.25, 0.3) is 0 Å². The minimum absolute atomic E-state index is 0.137. The molecule has 0 radical (unpaired) electrons. The lowest BCUT2D eigenvalue weighted by atomic mass is 10.3. The van der Waals surface area contributed by atoms with Crippen LogP contribution < -0.4 is 10.2 Å². The zero-order chi connectivity index (χ0) is 17.8. The summed E-state index contributed by atoms with van der Waals surface area (Å²) in [6, 6.07) is 3.60. The number of H-pyrrole nitrogens is 1. The molecule has 4 heterocycles. The fourth-order valence-electron chi connectivity index (χ4n) is 2.56. The van der Waals surface area contributed by atoms with E-state index < -0.39 is 0 Å². The van der Waals surface area contributed by atoms with Crippen LogP contribution in [-0.4, -0.2) is 61.5 Å². The maximum Gasteiger partial charge on any atom is 0.227 e. The molecule has 0 saturated carbocycles. The van der Waals surface area contributed by atoms with Gasteiger partial charge in [-0.2, -0.15) is 10.1 Å². The van der Waals surface area contributed by atoms with Gasteiger partial charge in [-0.3, -0.25) is 15.1 Å². The molecule has 0 atom stereocenters. The van der Waals surface area contributed by atoms with E-state index in [2.05, 4.69) is 40.3 Å². The van der Waals surface area contributed by atoms with E-state index in [0.717, 1.165) is 13.1 Å². The Bertz CT molecular complexity index is 861. The molecule has 134 valence electrons.